The summed E-state index contributed by atoms with van der Waals surface area (Å²) in [5.41, 5.74) is -0.253. The molecule has 0 aliphatic heterocycles. The van der Waals surface area contributed by atoms with Gasteiger partial charge in [0, 0.05) is 0 Å². The van der Waals surface area contributed by atoms with Crippen molar-refractivity contribution in [3.8, 4) is 0 Å². The molecule has 3 rings (SSSR count). The molecule has 0 aliphatic rings. The zero-order valence-electron chi connectivity index (χ0n) is 9.98. The highest BCUT2D eigenvalue weighted by Crippen LogP contribution is 2.08. The molecule has 0 saturated heterocycles. The first-order valence-electron chi connectivity index (χ1n) is 5.39. The molecule has 0 atom stereocenters. The Kier molecular flexibility index (Phi) is 3.42. The van der Waals surface area contributed by atoms with Gasteiger partial charge < -0.3 is 4.98 Å². The number of aryl methyl sites for hydroxylation is 1. The molecule has 0 bridgehead atoms. The Hall–Kier alpha value is -2.90. The molecule has 98 valence electrons. The van der Waals surface area contributed by atoms with Gasteiger partial charge in [-0.2, -0.15) is 0 Å². The maximum absolute atomic E-state index is 10.2. The first-order chi connectivity index (χ1) is 9.04. The highest BCUT2D eigenvalue weighted by molar-refractivity contribution is 5.74. The summed E-state index contributed by atoms with van der Waals surface area (Å²) >= 11 is 0. The molecule has 1 aromatic carbocycles. The van der Waals surface area contributed by atoms with Gasteiger partial charge in [-0.3, -0.25) is 15.0 Å². The Morgan fingerprint density at radius 3 is 1.89 bits per heavy atom. The van der Waals surface area contributed by atoms with E-state index in [1.165, 1.54) is 0 Å². The molecule has 3 aromatic rings. The van der Waals surface area contributed by atoms with Gasteiger partial charge >= 0.3 is 17.1 Å². The van der Waals surface area contributed by atoms with E-state index in [4.69, 9.17) is 0 Å². The molecule has 0 amide bonds. The number of nitrogens with one attached hydrogen (secondary N) is 4. The highest BCUT2D eigenvalue weighted by atomic mass is 16.2. The standard InChI is InChI=1S/C8H8N2.C3H3N3O3/c1-6-9-7-4-2-3-5-8(7)10-6;7-1-4-2(8)6-3(9)5-1/h2-5H,1H3,(H,9,10);(H3,4,5,6,7,8,9). The van der Waals surface area contributed by atoms with Crippen molar-refractivity contribution in [2.24, 2.45) is 0 Å². The second kappa shape index (κ2) is 5.17. The van der Waals surface area contributed by atoms with Crippen molar-refractivity contribution in [2.75, 3.05) is 0 Å². The SMILES string of the molecule is Cc1nc2ccccc2[nH]1.O=c1[nH]c(=O)[nH]c(=O)[nH]1. The van der Waals surface area contributed by atoms with Gasteiger partial charge in [-0.1, -0.05) is 12.1 Å². The minimum atomic E-state index is -0.802. The molecule has 19 heavy (non-hydrogen) atoms. The van der Waals surface area contributed by atoms with E-state index in [9.17, 15) is 14.4 Å². The molecule has 0 fully saturated rings. The highest BCUT2D eigenvalue weighted by Gasteiger charge is 1.94. The van der Waals surface area contributed by atoms with E-state index in [1.54, 1.807) is 15.0 Å². The van der Waals surface area contributed by atoms with Crippen LogP contribution >= 0.6 is 0 Å². The molecule has 0 spiro atoms. The van der Waals surface area contributed by atoms with Gasteiger partial charge in [0.05, 0.1) is 11.0 Å². The van der Waals surface area contributed by atoms with Crippen molar-refractivity contribution in [3.63, 3.8) is 0 Å². The topological polar surface area (TPSA) is 127 Å². The predicted molar refractivity (Wildman–Crippen MR) is 69.1 cm³/mol. The van der Waals surface area contributed by atoms with Gasteiger partial charge in [-0.25, -0.2) is 19.4 Å². The third-order valence-electron chi connectivity index (χ3n) is 2.19. The van der Waals surface area contributed by atoms with Crippen molar-refractivity contribution in [1.82, 2.24) is 24.9 Å². The maximum atomic E-state index is 10.2. The first kappa shape index (κ1) is 12.6. The van der Waals surface area contributed by atoms with Crippen molar-refractivity contribution in [2.45, 2.75) is 6.92 Å². The van der Waals surface area contributed by atoms with E-state index in [-0.39, 0.29) is 0 Å². The number of imidazole rings is 1. The van der Waals surface area contributed by atoms with Crippen LogP contribution in [0.3, 0.4) is 0 Å². The minimum Gasteiger partial charge on any atom is -0.342 e. The third kappa shape index (κ3) is 3.28. The smallest absolute Gasteiger partial charge is 0.330 e. The van der Waals surface area contributed by atoms with E-state index in [0.29, 0.717) is 0 Å². The van der Waals surface area contributed by atoms with Crippen LogP contribution in [0.5, 0.6) is 0 Å². The zero-order valence-corrected chi connectivity index (χ0v) is 9.98. The second-order valence-electron chi connectivity index (χ2n) is 3.70. The van der Waals surface area contributed by atoms with Gasteiger partial charge in [0.2, 0.25) is 0 Å². The zero-order chi connectivity index (χ0) is 13.8. The molecule has 0 aliphatic carbocycles. The maximum Gasteiger partial charge on any atom is 0.330 e. The van der Waals surface area contributed by atoms with Crippen LogP contribution in [0.1, 0.15) is 5.82 Å². The molecular weight excluding hydrogens is 250 g/mol. The van der Waals surface area contributed by atoms with E-state index in [2.05, 4.69) is 9.97 Å². The normalized spacial score (nSPS) is 9.95. The third-order valence-corrected chi connectivity index (χ3v) is 2.19. The van der Waals surface area contributed by atoms with Crippen molar-refractivity contribution in [1.29, 1.82) is 0 Å². The molecule has 8 heteroatoms. The molecule has 4 N–H and O–H groups in total. The van der Waals surface area contributed by atoms with Gasteiger partial charge in [0.15, 0.2) is 0 Å². The lowest BCUT2D eigenvalue weighted by molar-refractivity contribution is 0.888. The fraction of sp³-hybridized carbons (Fsp3) is 0.0909. The molecule has 2 aromatic heterocycles. The number of fused-ring (bicyclic) bond motifs is 1. The molecule has 8 nitrogen and oxygen atoms in total. The lowest BCUT2D eigenvalue weighted by atomic mass is 10.3. The van der Waals surface area contributed by atoms with Crippen LogP contribution in [-0.4, -0.2) is 24.9 Å². The first-order valence-corrected chi connectivity index (χ1v) is 5.39. The summed E-state index contributed by atoms with van der Waals surface area (Å²) < 4.78 is 0. The van der Waals surface area contributed by atoms with E-state index in [0.717, 1.165) is 16.9 Å². The number of aromatic amines is 4. The van der Waals surface area contributed by atoms with Crippen LogP contribution in [0.2, 0.25) is 0 Å². The number of nitrogens with zero attached hydrogens (tertiary/aromatic N) is 1. The number of benzene rings is 1. The Labute approximate surface area is 105 Å². The van der Waals surface area contributed by atoms with Gasteiger partial charge in [0.25, 0.3) is 0 Å². The molecule has 0 radical (unpaired) electrons. The average molecular weight is 261 g/mol. The lowest BCUT2D eigenvalue weighted by Gasteiger charge is -1.81. The number of hydrogen-bond donors (Lipinski definition) is 4. The Bertz CT molecular complexity index is 743. The molecule has 0 saturated carbocycles. The summed E-state index contributed by atoms with van der Waals surface area (Å²) in [6.07, 6.45) is 0. The Balaban J connectivity index is 0.000000141. The fourth-order valence-electron chi connectivity index (χ4n) is 1.48. The second-order valence-corrected chi connectivity index (χ2v) is 3.70. The molecule has 0 unspecified atom stereocenters. The van der Waals surface area contributed by atoms with Gasteiger partial charge in [-0.15, -0.1) is 0 Å². The van der Waals surface area contributed by atoms with Crippen molar-refractivity contribution >= 4 is 11.0 Å². The van der Waals surface area contributed by atoms with Crippen LogP contribution in [0.15, 0.2) is 38.6 Å². The summed E-state index contributed by atoms with van der Waals surface area (Å²) in [6, 6.07) is 8.01. The van der Waals surface area contributed by atoms with E-state index in [1.807, 2.05) is 31.2 Å². The summed E-state index contributed by atoms with van der Waals surface area (Å²) in [7, 11) is 0. The number of para-hydroxylation sites is 2. The number of H-pyrrole nitrogens is 4. The summed E-state index contributed by atoms with van der Waals surface area (Å²) in [5, 5.41) is 0. The van der Waals surface area contributed by atoms with E-state index >= 15 is 0 Å². The number of rotatable bonds is 0. The summed E-state index contributed by atoms with van der Waals surface area (Å²) in [5.74, 6) is 0.973. The van der Waals surface area contributed by atoms with Crippen LogP contribution in [0.4, 0.5) is 0 Å². The number of aromatic nitrogens is 5. The number of hydrogen-bond acceptors (Lipinski definition) is 4. The van der Waals surface area contributed by atoms with Crippen LogP contribution in [0.25, 0.3) is 11.0 Å². The van der Waals surface area contributed by atoms with Crippen molar-refractivity contribution < 1.29 is 0 Å². The van der Waals surface area contributed by atoms with Gasteiger partial charge in [0.1, 0.15) is 5.82 Å². The average Bonchev–Trinajstić information content (AvgIpc) is 2.67. The molecular formula is C11H11N5O3. The van der Waals surface area contributed by atoms with Crippen LogP contribution in [-0.2, 0) is 0 Å². The largest absolute Gasteiger partial charge is 0.342 e. The van der Waals surface area contributed by atoms with Crippen LogP contribution in [0, 0.1) is 6.92 Å². The predicted octanol–water partition coefficient (Wildman–Crippen LogP) is -0.377. The van der Waals surface area contributed by atoms with Crippen molar-refractivity contribution in [3.05, 3.63) is 61.5 Å². The Morgan fingerprint density at radius 2 is 1.37 bits per heavy atom. The quantitative estimate of drug-likeness (QED) is 0.440. The summed E-state index contributed by atoms with van der Waals surface area (Å²) in [6.45, 7) is 1.96. The minimum absolute atomic E-state index is 0.802. The fourth-order valence-corrected chi connectivity index (χ4v) is 1.48. The van der Waals surface area contributed by atoms with E-state index < -0.39 is 17.1 Å². The lowest BCUT2D eigenvalue weighted by Crippen LogP contribution is -2.34. The van der Waals surface area contributed by atoms with Gasteiger partial charge in [-0.05, 0) is 19.1 Å². The summed E-state index contributed by atoms with van der Waals surface area (Å²) in [4.78, 5) is 43.3. The van der Waals surface area contributed by atoms with Crippen LogP contribution < -0.4 is 17.1 Å². The Morgan fingerprint density at radius 1 is 0.842 bits per heavy atom. The monoisotopic (exact) mass is 261 g/mol. The molecule has 2 heterocycles.